The van der Waals surface area contributed by atoms with Gasteiger partial charge in [-0.2, -0.15) is 0 Å². The molecule has 13 rings (SSSR count). The SMILES string of the molecule is c1ccc(C2(c3ccccc3)c3ccccc3-c3c(-c4ccccc4-c4cc5c(c6ccccc46)Oc4ccccc4C54c5ccccc5-c5ccccc54)cccc32)cc1. The van der Waals surface area contributed by atoms with E-state index in [1.165, 1.54) is 94.4 Å². The second-order valence-electron chi connectivity index (χ2n) is 16.6. The molecule has 0 unspecified atom stereocenters. The molecule has 0 saturated carbocycles. The predicted octanol–water partition coefficient (Wildman–Crippen LogP) is 15.0. The Bertz CT molecular complexity index is 3310. The second-order valence-corrected chi connectivity index (χ2v) is 16.6. The Hall–Kier alpha value is -7.74. The first kappa shape index (κ1) is 34.2. The maximum absolute atomic E-state index is 7.12. The van der Waals surface area contributed by atoms with Crippen LogP contribution in [0.2, 0.25) is 0 Å². The molecular weight excluding hydrogens is 737 g/mol. The molecule has 10 aromatic rings. The quantitative estimate of drug-likeness (QED) is 0.173. The van der Waals surface area contributed by atoms with Gasteiger partial charge in [-0.3, -0.25) is 0 Å². The Labute approximate surface area is 355 Å². The summed E-state index contributed by atoms with van der Waals surface area (Å²) in [6, 6.07) is 85.2. The fourth-order valence-corrected chi connectivity index (χ4v) is 11.6. The summed E-state index contributed by atoms with van der Waals surface area (Å²) in [5.41, 5.74) is 18.9. The topological polar surface area (TPSA) is 9.23 Å². The Morgan fingerprint density at radius 3 is 1.34 bits per heavy atom. The summed E-state index contributed by atoms with van der Waals surface area (Å²) in [5.74, 6) is 1.82. The number of ether oxygens (including phenoxy) is 1. The fraction of sp³-hybridized carbons (Fsp3) is 0.0333. The van der Waals surface area contributed by atoms with E-state index in [0.717, 1.165) is 16.9 Å². The number of rotatable bonds is 4. The van der Waals surface area contributed by atoms with E-state index < -0.39 is 10.8 Å². The Kier molecular flexibility index (Phi) is 7.21. The Morgan fingerprint density at radius 1 is 0.262 bits per heavy atom. The molecule has 1 aliphatic heterocycles. The van der Waals surface area contributed by atoms with Gasteiger partial charge in [-0.05, 0) is 95.4 Å². The molecule has 1 heteroatoms. The summed E-state index contributed by atoms with van der Waals surface area (Å²) < 4.78 is 7.12. The standard InChI is InChI=1S/C60H38O/c1-3-20-39(21-4-1)59(40-22-5-2-6-23-40)52-34-16-13-30-48(52)57-46(31-19-36-54(57)59)41-24-7-8-25-42(41)49-38-55-58(47-29-10-9-26-43(47)49)61-56-37-18-17-35-53(56)60(55)50-32-14-11-27-44(50)45-28-12-15-33-51(45)60/h1-38H. The number of hydrogen-bond acceptors (Lipinski definition) is 1. The normalized spacial score (nSPS) is 14.3. The first-order valence-corrected chi connectivity index (χ1v) is 21.3. The monoisotopic (exact) mass is 774 g/mol. The summed E-state index contributed by atoms with van der Waals surface area (Å²) in [7, 11) is 0. The zero-order valence-corrected chi connectivity index (χ0v) is 33.3. The minimum absolute atomic E-state index is 0.488. The van der Waals surface area contributed by atoms with Crippen molar-refractivity contribution in [2.24, 2.45) is 0 Å². The van der Waals surface area contributed by atoms with Crippen molar-refractivity contribution in [2.75, 3.05) is 0 Å². The number of para-hydroxylation sites is 1. The highest BCUT2D eigenvalue weighted by atomic mass is 16.5. The molecule has 1 nitrogen and oxygen atoms in total. The maximum atomic E-state index is 7.12. The lowest BCUT2D eigenvalue weighted by atomic mass is 9.65. The van der Waals surface area contributed by atoms with E-state index in [0.29, 0.717) is 0 Å². The van der Waals surface area contributed by atoms with Crippen molar-refractivity contribution >= 4 is 10.8 Å². The van der Waals surface area contributed by atoms with Crippen LogP contribution in [0.5, 0.6) is 11.5 Å². The minimum Gasteiger partial charge on any atom is -0.456 e. The first-order valence-electron chi connectivity index (χ1n) is 21.3. The van der Waals surface area contributed by atoms with Crippen LogP contribution in [0.3, 0.4) is 0 Å². The van der Waals surface area contributed by atoms with Gasteiger partial charge in [-0.15, -0.1) is 0 Å². The third-order valence-corrected chi connectivity index (χ3v) is 13.8. The van der Waals surface area contributed by atoms with Gasteiger partial charge in [0, 0.05) is 16.5 Å². The van der Waals surface area contributed by atoms with Crippen LogP contribution < -0.4 is 4.74 Å². The first-order chi connectivity index (χ1) is 30.3. The van der Waals surface area contributed by atoms with Crippen LogP contribution in [0.15, 0.2) is 231 Å². The van der Waals surface area contributed by atoms with Gasteiger partial charge in [-0.1, -0.05) is 218 Å². The molecule has 284 valence electrons. The molecule has 61 heavy (non-hydrogen) atoms. The summed E-state index contributed by atoms with van der Waals surface area (Å²) in [5, 5.41) is 2.27. The lowest BCUT2D eigenvalue weighted by Crippen LogP contribution is -2.32. The fourth-order valence-electron chi connectivity index (χ4n) is 11.6. The van der Waals surface area contributed by atoms with Gasteiger partial charge < -0.3 is 4.74 Å². The smallest absolute Gasteiger partial charge is 0.140 e. The van der Waals surface area contributed by atoms with Crippen LogP contribution in [-0.2, 0) is 10.8 Å². The lowest BCUT2D eigenvalue weighted by molar-refractivity contribution is 0.442. The lowest BCUT2D eigenvalue weighted by Gasteiger charge is -2.40. The molecule has 1 spiro atoms. The largest absolute Gasteiger partial charge is 0.456 e. The molecule has 0 N–H and O–H groups in total. The second kappa shape index (κ2) is 12.9. The van der Waals surface area contributed by atoms with Crippen molar-refractivity contribution in [3.63, 3.8) is 0 Å². The third kappa shape index (κ3) is 4.45. The summed E-state index contributed by atoms with van der Waals surface area (Å²) in [4.78, 5) is 0. The van der Waals surface area contributed by atoms with Crippen LogP contribution in [-0.4, -0.2) is 0 Å². The molecule has 1 heterocycles. The van der Waals surface area contributed by atoms with Crippen molar-refractivity contribution in [1.82, 2.24) is 0 Å². The van der Waals surface area contributed by atoms with Crippen molar-refractivity contribution in [3.8, 4) is 56.0 Å². The van der Waals surface area contributed by atoms with Gasteiger partial charge in [0.2, 0.25) is 0 Å². The van der Waals surface area contributed by atoms with Gasteiger partial charge in [0.15, 0.2) is 0 Å². The molecule has 2 aliphatic carbocycles. The van der Waals surface area contributed by atoms with Gasteiger partial charge in [0.1, 0.15) is 11.5 Å². The predicted molar refractivity (Wildman–Crippen MR) is 250 cm³/mol. The van der Waals surface area contributed by atoms with E-state index in [4.69, 9.17) is 4.74 Å². The van der Waals surface area contributed by atoms with Crippen LogP contribution >= 0.6 is 0 Å². The third-order valence-electron chi connectivity index (χ3n) is 13.8. The van der Waals surface area contributed by atoms with E-state index in [-0.39, 0.29) is 0 Å². The number of fused-ring (bicyclic) bond motifs is 14. The van der Waals surface area contributed by atoms with Crippen LogP contribution in [0.1, 0.15) is 44.5 Å². The highest BCUT2D eigenvalue weighted by molar-refractivity contribution is 6.08. The number of benzene rings is 10. The van der Waals surface area contributed by atoms with Crippen molar-refractivity contribution in [3.05, 3.63) is 275 Å². The molecule has 0 amide bonds. The molecule has 0 fully saturated rings. The van der Waals surface area contributed by atoms with Gasteiger partial charge in [0.25, 0.3) is 0 Å². The Morgan fingerprint density at radius 2 is 0.705 bits per heavy atom. The average molecular weight is 775 g/mol. The molecule has 0 radical (unpaired) electrons. The van der Waals surface area contributed by atoms with E-state index in [1.807, 2.05) is 0 Å². The van der Waals surface area contributed by atoms with Gasteiger partial charge in [-0.25, -0.2) is 0 Å². The van der Waals surface area contributed by atoms with E-state index >= 15 is 0 Å². The molecule has 0 atom stereocenters. The van der Waals surface area contributed by atoms with Crippen LogP contribution in [0.25, 0.3) is 55.3 Å². The van der Waals surface area contributed by atoms with E-state index in [1.54, 1.807) is 0 Å². The Balaban J connectivity index is 1.12. The van der Waals surface area contributed by atoms with Gasteiger partial charge >= 0.3 is 0 Å². The molecule has 0 aromatic heterocycles. The summed E-state index contributed by atoms with van der Waals surface area (Å²) >= 11 is 0. The molecule has 0 bridgehead atoms. The van der Waals surface area contributed by atoms with Crippen molar-refractivity contribution in [1.29, 1.82) is 0 Å². The maximum Gasteiger partial charge on any atom is 0.140 e. The summed E-state index contributed by atoms with van der Waals surface area (Å²) in [6.07, 6.45) is 0. The van der Waals surface area contributed by atoms with Gasteiger partial charge in [0.05, 0.1) is 10.8 Å². The number of hydrogen-bond donors (Lipinski definition) is 0. The van der Waals surface area contributed by atoms with Crippen LogP contribution in [0.4, 0.5) is 0 Å². The average Bonchev–Trinajstić information content (AvgIpc) is 3.81. The zero-order valence-electron chi connectivity index (χ0n) is 33.3. The zero-order chi connectivity index (χ0) is 40.1. The summed E-state index contributed by atoms with van der Waals surface area (Å²) in [6.45, 7) is 0. The van der Waals surface area contributed by atoms with E-state index in [2.05, 4.69) is 231 Å². The molecule has 3 aliphatic rings. The van der Waals surface area contributed by atoms with E-state index in [9.17, 15) is 0 Å². The molecular formula is C60H38O. The highest BCUT2D eigenvalue weighted by Crippen LogP contribution is 2.64. The molecule has 0 saturated heterocycles. The molecule has 10 aromatic carbocycles. The van der Waals surface area contributed by atoms with Crippen molar-refractivity contribution in [2.45, 2.75) is 10.8 Å². The van der Waals surface area contributed by atoms with Crippen LogP contribution in [0, 0.1) is 0 Å². The van der Waals surface area contributed by atoms with Crippen molar-refractivity contribution < 1.29 is 4.74 Å². The highest BCUT2D eigenvalue weighted by Gasteiger charge is 2.52. The minimum atomic E-state index is -0.580.